The molecule has 8 heteroatoms. The van der Waals surface area contributed by atoms with Gasteiger partial charge in [0, 0.05) is 30.6 Å². The normalized spacial score (nSPS) is 21.3. The highest BCUT2D eigenvalue weighted by molar-refractivity contribution is 7.19. The topological polar surface area (TPSA) is 62.5 Å². The molecule has 2 aliphatic rings. The highest BCUT2D eigenvalue weighted by Crippen LogP contribution is 2.41. The number of thiophene rings is 1. The monoisotopic (exact) mass is 385 g/mol. The van der Waals surface area contributed by atoms with Crippen LogP contribution in [-0.4, -0.2) is 55.6 Å². The minimum absolute atomic E-state index is 0.573. The minimum atomic E-state index is 0.573. The Labute approximate surface area is 163 Å². The summed E-state index contributed by atoms with van der Waals surface area (Å²) in [6, 6.07) is 0.573. The first kappa shape index (κ1) is 17.3. The molecule has 1 atom stereocenters. The Balaban J connectivity index is 1.70. The van der Waals surface area contributed by atoms with E-state index in [2.05, 4.69) is 39.2 Å². The molecule has 7 nitrogen and oxygen atoms in total. The smallest absolute Gasteiger partial charge is 0.276 e. The van der Waals surface area contributed by atoms with Crippen LogP contribution in [0.4, 0.5) is 5.82 Å². The molecular formula is C19H27N7S. The molecule has 0 N–H and O–H groups in total. The van der Waals surface area contributed by atoms with Gasteiger partial charge in [-0.25, -0.2) is 0 Å². The van der Waals surface area contributed by atoms with E-state index in [1.165, 1.54) is 52.9 Å². The van der Waals surface area contributed by atoms with E-state index < -0.39 is 0 Å². The Kier molecular flexibility index (Phi) is 4.47. The zero-order chi connectivity index (χ0) is 18.4. The number of nitrogens with zero attached hydrogens (tertiary/aromatic N) is 7. The Morgan fingerprint density at radius 3 is 2.96 bits per heavy atom. The van der Waals surface area contributed by atoms with Gasteiger partial charge in [0.1, 0.15) is 10.6 Å². The summed E-state index contributed by atoms with van der Waals surface area (Å²) in [5.41, 5.74) is 1.49. The highest BCUT2D eigenvalue weighted by Gasteiger charge is 2.30. The van der Waals surface area contributed by atoms with Crippen molar-refractivity contribution in [2.75, 3.05) is 24.5 Å². The van der Waals surface area contributed by atoms with Gasteiger partial charge in [-0.1, -0.05) is 18.9 Å². The van der Waals surface area contributed by atoms with Crippen LogP contribution in [0.2, 0.25) is 0 Å². The molecule has 1 saturated heterocycles. The van der Waals surface area contributed by atoms with E-state index in [0.29, 0.717) is 11.8 Å². The van der Waals surface area contributed by atoms with Crippen LogP contribution in [0, 0.1) is 0 Å². The number of aromatic nitrogens is 5. The van der Waals surface area contributed by atoms with Gasteiger partial charge in [0.25, 0.3) is 5.78 Å². The van der Waals surface area contributed by atoms with Crippen molar-refractivity contribution in [3.05, 3.63) is 10.4 Å². The van der Waals surface area contributed by atoms with Gasteiger partial charge in [-0.05, 0) is 61.1 Å². The van der Waals surface area contributed by atoms with Crippen LogP contribution in [0.15, 0.2) is 0 Å². The second-order valence-electron chi connectivity index (χ2n) is 7.79. The molecule has 0 unspecified atom stereocenters. The van der Waals surface area contributed by atoms with Crippen LogP contribution in [0.1, 0.15) is 56.4 Å². The van der Waals surface area contributed by atoms with Crippen molar-refractivity contribution in [2.24, 2.45) is 0 Å². The molecule has 0 amide bonds. The summed E-state index contributed by atoms with van der Waals surface area (Å²) < 4.78 is 1.84. The lowest BCUT2D eigenvalue weighted by Gasteiger charge is -2.37. The summed E-state index contributed by atoms with van der Waals surface area (Å²) in [4.78, 5) is 12.7. The first-order valence-electron chi connectivity index (χ1n) is 10.3. The molecule has 0 bridgehead atoms. The molecule has 1 fully saturated rings. The third-order valence-electron chi connectivity index (χ3n) is 6.10. The van der Waals surface area contributed by atoms with Crippen molar-refractivity contribution in [1.29, 1.82) is 0 Å². The molecule has 27 heavy (non-hydrogen) atoms. The fourth-order valence-corrected chi connectivity index (χ4v) is 6.10. The second kappa shape index (κ2) is 6.98. The fourth-order valence-electron chi connectivity index (χ4n) is 4.77. The first-order chi connectivity index (χ1) is 13.3. The molecule has 0 spiro atoms. The van der Waals surface area contributed by atoms with Gasteiger partial charge in [0.05, 0.1) is 5.39 Å². The number of rotatable bonds is 4. The van der Waals surface area contributed by atoms with Gasteiger partial charge < -0.3 is 4.90 Å². The number of fused-ring (bicyclic) bond motifs is 5. The summed E-state index contributed by atoms with van der Waals surface area (Å²) in [6.07, 6.45) is 7.29. The van der Waals surface area contributed by atoms with Gasteiger partial charge in [-0.3, -0.25) is 4.90 Å². The van der Waals surface area contributed by atoms with Crippen LogP contribution in [0.25, 0.3) is 16.0 Å². The van der Waals surface area contributed by atoms with E-state index in [-0.39, 0.29) is 0 Å². The largest absolute Gasteiger partial charge is 0.353 e. The molecular weight excluding hydrogens is 358 g/mol. The van der Waals surface area contributed by atoms with Crippen LogP contribution in [-0.2, 0) is 13.0 Å². The molecule has 2 aliphatic heterocycles. The fraction of sp³-hybridized carbons (Fsp3) is 0.684. The molecule has 3 aromatic heterocycles. The highest BCUT2D eigenvalue weighted by atomic mass is 32.1. The van der Waals surface area contributed by atoms with Gasteiger partial charge >= 0.3 is 0 Å². The third-order valence-corrected chi connectivity index (χ3v) is 7.29. The standard InChI is InChI=1S/C19H27N7S/c1-3-9-24-11-8-14-15(12-24)27-18-16(14)17(20-19-21-22-23-26(18)19)25-10-6-5-7-13(25)4-2/h13H,3-12H2,1-2H3/t13-/m1/s1. The van der Waals surface area contributed by atoms with E-state index in [0.717, 1.165) is 38.3 Å². The van der Waals surface area contributed by atoms with Crippen LogP contribution in [0.3, 0.4) is 0 Å². The number of hydrogen-bond donors (Lipinski definition) is 0. The van der Waals surface area contributed by atoms with E-state index in [9.17, 15) is 0 Å². The maximum atomic E-state index is 4.97. The van der Waals surface area contributed by atoms with Crippen LogP contribution in [0.5, 0.6) is 0 Å². The Morgan fingerprint density at radius 1 is 1.19 bits per heavy atom. The van der Waals surface area contributed by atoms with E-state index in [1.807, 2.05) is 15.9 Å². The van der Waals surface area contributed by atoms with Crippen LogP contribution >= 0.6 is 11.3 Å². The molecule has 0 aromatic carbocycles. The van der Waals surface area contributed by atoms with Crippen molar-refractivity contribution in [3.8, 4) is 0 Å². The van der Waals surface area contributed by atoms with Crippen LogP contribution < -0.4 is 4.90 Å². The predicted octanol–water partition coefficient (Wildman–Crippen LogP) is 3.27. The van der Waals surface area contributed by atoms with Crippen molar-refractivity contribution in [2.45, 2.75) is 65.0 Å². The lowest BCUT2D eigenvalue weighted by Crippen LogP contribution is -2.40. The van der Waals surface area contributed by atoms with Gasteiger partial charge in [-0.15, -0.1) is 11.3 Å². The number of hydrogen-bond acceptors (Lipinski definition) is 7. The van der Waals surface area contributed by atoms with Crippen molar-refractivity contribution in [3.63, 3.8) is 0 Å². The van der Waals surface area contributed by atoms with Crippen molar-refractivity contribution >= 4 is 33.1 Å². The summed E-state index contributed by atoms with van der Waals surface area (Å²) in [6.45, 7) is 8.99. The maximum absolute atomic E-state index is 4.97. The maximum Gasteiger partial charge on any atom is 0.276 e. The lowest BCUT2D eigenvalue weighted by molar-refractivity contribution is 0.258. The third kappa shape index (κ3) is 2.81. The molecule has 0 saturated carbocycles. The molecule has 5 heterocycles. The Morgan fingerprint density at radius 2 is 2.11 bits per heavy atom. The van der Waals surface area contributed by atoms with Gasteiger partial charge in [0.2, 0.25) is 0 Å². The average Bonchev–Trinajstić information content (AvgIpc) is 3.31. The zero-order valence-electron chi connectivity index (χ0n) is 16.2. The molecule has 144 valence electrons. The van der Waals surface area contributed by atoms with Gasteiger partial charge in [0.15, 0.2) is 0 Å². The lowest BCUT2D eigenvalue weighted by atomic mass is 9.98. The molecule has 3 aromatic rings. The zero-order valence-corrected chi connectivity index (χ0v) is 17.0. The second-order valence-corrected chi connectivity index (χ2v) is 8.87. The number of tetrazole rings is 1. The Hall–Kier alpha value is -1.80. The van der Waals surface area contributed by atoms with Crippen molar-refractivity contribution < 1.29 is 0 Å². The molecule has 5 rings (SSSR count). The Bertz CT molecular complexity index is 962. The first-order valence-corrected chi connectivity index (χ1v) is 11.1. The predicted molar refractivity (Wildman–Crippen MR) is 109 cm³/mol. The molecule has 0 radical (unpaired) electrons. The van der Waals surface area contributed by atoms with Crippen molar-refractivity contribution in [1.82, 2.24) is 29.9 Å². The van der Waals surface area contributed by atoms with E-state index in [4.69, 9.17) is 4.98 Å². The molecule has 0 aliphatic carbocycles. The number of anilines is 1. The van der Waals surface area contributed by atoms with Gasteiger partial charge in [-0.2, -0.15) is 9.50 Å². The number of piperidine rings is 1. The summed E-state index contributed by atoms with van der Waals surface area (Å²) in [7, 11) is 0. The minimum Gasteiger partial charge on any atom is -0.353 e. The van der Waals surface area contributed by atoms with E-state index in [1.54, 1.807) is 0 Å². The average molecular weight is 386 g/mol. The summed E-state index contributed by atoms with van der Waals surface area (Å²) >= 11 is 1.86. The summed E-state index contributed by atoms with van der Waals surface area (Å²) in [5.74, 6) is 1.75. The summed E-state index contributed by atoms with van der Waals surface area (Å²) in [5, 5.41) is 13.6. The van der Waals surface area contributed by atoms with E-state index >= 15 is 0 Å². The quantitative estimate of drug-likeness (QED) is 0.687. The SMILES string of the molecule is CCCN1CCc2c(sc3c2c(N2CCCC[C@H]2CC)nc2nnnn23)C1.